The van der Waals surface area contributed by atoms with Crippen LogP contribution in [0.25, 0.3) is 0 Å². The number of ether oxygens (including phenoxy) is 1. The fourth-order valence-electron chi connectivity index (χ4n) is 5.58. The van der Waals surface area contributed by atoms with Gasteiger partial charge in [0.05, 0.1) is 12.1 Å². The standard InChI is InChI=1S/C30H29ClFN5O3/c1-35(30(39)40-25-11-9-23(32)10-12-25)27-19-36(18-26(27)20-5-7-22(31)8-6-20)29(38)21-13-15-37(24(16-21)17-33)28-4-2-3-14-34-28/h2-12,14,21,24,26-27H,13,15-16,18-19H2,1H3/t21?,24?,26-,27+/m0/s1. The molecule has 2 saturated heterocycles. The summed E-state index contributed by atoms with van der Waals surface area (Å²) in [7, 11) is 1.64. The molecule has 0 bridgehead atoms. The van der Waals surface area contributed by atoms with E-state index >= 15 is 0 Å². The highest BCUT2D eigenvalue weighted by molar-refractivity contribution is 6.30. The Morgan fingerprint density at radius 1 is 1.10 bits per heavy atom. The van der Waals surface area contributed by atoms with Crippen LogP contribution in [0.5, 0.6) is 5.75 Å². The maximum atomic E-state index is 13.8. The summed E-state index contributed by atoms with van der Waals surface area (Å²) in [5.41, 5.74) is 0.950. The molecule has 2 aliphatic rings. The monoisotopic (exact) mass is 561 g/mol. The van der Waals surface area contributed by atoms with Gasteiger partial charge in [0.1, 0.15) is 23.4 Å². The zero-order valence-corrected chi connectivity index (χ0v) is 22.7. The Labute approximate surface area is 237 Å². The summed E-state index contributed by atoms with van der Waals surface area (Å²) >= 11 is 6.12. The average molecular weight is 562 g/mol. The first-order chi connectivity index (χ1) is 19.3. The molecule has 4 atom stereocenters. The Morgan fingerprint density at radius 2 is 1.85 bits per heavy atom. The molecule has 5 rings (SSSR count). The van der Waals surface area contributed by atoms with Crippen LogP contribution in [0.1, 0.15) is 24.3 Å². The minimum absolute atomic E-state index is 0.0253. The molecule has 40 heavy (non-hydrogen) atoms. The van der Waals surface area contributed by atoms with Crippen molar-refractivity contribution in [3.63, 3.8) is 0 Å². The SMILES string of the molecule is CN(C(=O)Oc1ccc(F)cc1)[C@@H]1CN(C(=O)C2CCN(c3ccccn3)C(C#N)C2)C[C@H]1c1ccc(Cl)cc1. The fourth-order valence-corrected chi connectivity index (χ4v) is 5.70. The number of piperidine rings is 1. The van der Waals surface area contributed by atoms with Crippen LogP contribution in [0.3, 0.4) is 0 Å². The van der Waals surface area contributed by atoms with Gasteiger partial charge in [-0.3, -0.25) is 4.79 Å². The van der Waals surface area contributed by atoms with Gasteiger partial charge in [0.25, 0.3) is 0 Å². The van der Waals surface area contributed by atoms with Crippen LogP contribution in [-0.2, 0) is 4.79 Å². The number of likely N-dealkylation sites (N-methyl/N-ethyl adjacent to an activating group) is 1. The highest BCUT2D eigenvalue weighted by atomic mass is 35.5. The van der Waals surface area contributed by atoms with Crippen LogP contribution in [0, 0.1) is 23.1 Å². The van der Waals surface area contributed by atoms with E-state index in [1.807, 2.05) is 35.2 Å². The number of aromatic nitrogens is 1. The summed E-state index contributed by atoms with van der Waals surface area (Å²) in [6, 6.07) is 19.7. The zero-order valence-electron chi connectivity index (χ0n) is 22.0. The first-order valence-corrected chi connectivity index (χ1v) is 13.5. The third-order valence-corrected chi connectivity index (χ3v) is 8.00. The zero-order chi connectivity index (χ0) is 28.2. The molecule has 206 valence electrons. The number of likely N-dealkylation sites (tertiary alicyclic amines) is 1. The topological polar surface area (TPSA) is 89.8 Å². The molecule has 2 fully saturated rings. The molecule has 2 aromatic carbocycles. The van der Waals surface area contributed by atoms with E-state index in [9.17, 15) is 19.2 Å². The van der Waals surface area contributed by atoms with E-state index in [4.69, 9.17) is 16.3 Å². The van der Waals surface area contributed by atoms with E-state index in [2.05, 4.69) is 11.1 Å². The maximum absolute atomic E-state index is 13.8. The Balaban J connectivity index is 1.32. The second-order valence-corrected chi connectivity index (χ2v) is 10.6. The van der Waals surface area contributed by atoms with Gasteiger partial charge < -0.3 is 19.4 Å². The van der Waals surface area contributed by atoms with Crippen molar-refractivity contribution in [1.29, 1.82) is 5.26 Å². The maximum Gasteiger partial charge on any atom is 0.415 e. The van der Waals surface area contributed by atoms with Crippen molar-refractivity contribution < 1.29 is 18.7 Å². The molecular weight excluding hydrogens is 533 g/mol. The molecule has 8 nitrogen and oxygen atoms in total. The van der Waals surface area contributed by atoms with Crippen molar-refractivity contribution >= 4 is 29.4 Å². The van der Waals surface area contributed by atoms with Crippen LogP contribution in [0.4, 0.5) is 15.0 Å². The van der Waals surface area contributed by atoms with Crippen LogP contribution in [0.15, 0.2) is 72.9 Å². The van der Waals surface area contributed by atoms with E-state index in [0.29, 0.717) is 37.5 Å². The van der Waals surface area contributed by atoms with Crippen molar-refractivity contribution in [2.24, 2.45) is 5.92 Å². The Hall–Kier alpha value is -4.16. The van der Waals surface area contributed by atoms with E-state index < -0.39 is 18.0 Å². The lowest BCUT2D eigenvalue weighted by Gasteiger charge is -2.37. The van der Waals surface area contributed by atoms with E-state index in [1.54, 1.807) is 30.3 Å². The predicted molar refractivity (Wildman–Crippen MR) is 148 cm³/mol. The Morgan fingerprint density at radius 3 is 2.52 bits per heavy atom. The van der Waals surface area contributed by atoms with Gasteiger partial charge in [-0.25, -0.2) is 14.2 Å². The number of pyridine rings is 1. The largest absolute Gasteiger partial charge is 0.415 e. The molecule has 0 N–H and O–H groups in total. The average Bonchev–Trinajstić information content (AvgIpc) is 3.43. The first kappa shape index (κ1) is 27.4. The summed E-state index contributed by atoms with van der Waals surface area (Å²) in [6.07, 6.45) is 2.10. The molecule has 0 radical (unpaired) electrons. The number of benzene rings is 2. The lowest BCUT2D eigenvalue weighted by molar-refractivity contribution is -0.135. The van der Waals surface area contributed by atoms with Gasteiger partial charge in [-0.15, -0.1) is 0 Å². The molecule has 0 aliphatic carbocycles. The summed E-state index contributed by atoms with van der Waals surface area (Å²) in [4.78, 5) is 36.5. The third-order valence-electron chi connectivity index (χ3n) is 7.75. The quantitative estimate of drug-likeness (QED) is 0.430. The van der Waals surface area contributed by atoms with E-state index in [0.717, 1.165) is 11.4 Å². The Bertz CT molecular complexity index is 1380. The second kappa shape index (κ2) is 11.9. The van der Waals surface area contributed by atoms with Gasteiger partial charge in [-0.2, -0.15) is 5.26 Å². The van der Waals surface area contributed by atoms with Gasteiger partial charge in [-0.1, -0.05) is 29.8 Å². The minimum atomic E-state index is -0.599. The van der Waals surface area contributed by atoms with Crippen molar-refractivity contribution in [3.05, 3.63) is 89.3 Å². The number of anilines is 1. The van der Waals surface area contributed by atoms with Crippen molar-refractivity contribution in [2.45, 2.75) is 30.8 Å². The summed E-state index contributed by atoms with van der Waals surface area (Å²) in [5, 5.41) is 10.5. The smallest absolute Gasteiger partial charge is 0.410 e. The van der Waals surface area contributed by atoms with Crippen molar-refractivity contribution in [2.75, 3.05) is 31.6 Å². The number of rotatable bonds is 5. The second-order valence-electron chi connectivity index (χ2n) is 10.1. The van der Waals surface area contributed by atoms with Crippen molar-refractivity contribution in [1.82, 2.24) is 14.8 Å². The predicted octanol–water partition coefficient (Wildman–Crippen LogP) is 5.11. The van der Waals surface area contributed by atoms with Crippen LogP contribution >= 0.6 is 11.6 Å². The molecule has 2 aliphatic heterocycles. The van der Waals surface area contributed by atoms with E-state index in [-0.39, 0.29) is 29.5 Å². The summed E-state index contributed by atoms with van der Waals surface area (Å²) in [6.45, 7) is 1.28. The summed E-state index contributed by atoms with van der Waals surface area (Å²) in [5.74, 6) is 0.0193. The van der Waals surface area contributed by atoms with Gasteiger partial charge in [0.2, 0.25) is 5.91 Å². The highest BCUT2D eigenvalue weighted by Gasteiger charge is 2.43. The number of halogens is 2. The Kier molecular flexibility index (Phi) is 8.17. The highest BCUT2D eigenvalue weighted by Crippen LogP contribution is 2.35. The van der Waals surface area contributed by atoms with Gasteiger partial charge in [0, 0.05) is 49.7 Å². The van der Waals surface area contributed by atoms with Crippen molar-refractivity contribution in [3.8, 4) is 11.8 Å². The number of carbonyl (C=O) groups is 2. The lowest BCUT2D eigenvalue weighted by Crippen LogP contribution is -2.48. The molecule has 0 saturated carbocycles. The molecule has 2 unspecified atom stereocenters. The minimum Gasteiger partial charge on any atom is -0.410 e. The van der Waals surface area contributed by atoms with Crippen LogP contribution in [-0.4, -0.2) is 65.5 Å². The molecule has 3 heterocycles. The first-order valence-electron chi connectivity index (χ1n) is 13.2. The van der Waals surface area contributed by atoms with Gasteiger partial charge in [-0.05, 0) is 66.9 Å². The lowest BCUT2D eigenvalue weighted by atomic mass is 9.90. The molecule has 0 spiro atoms. The number of hydrogen-bond donors (Lipinski definition) is 0. The molecular formula is C30H29ClFN5O3. The van der Waals surface area contributed by atoms with Gasteiger partial charge >= 0.3 is 6.09 Å². The summed E-state index contributed by atoms with van der Waals surface area (Å²) < 4.78 is 18.8. The third kappa shape index (κ3) is 5.87. The normalized spacial score (nSPS) is 22.4. The fraction of sp³-hybridized carbons (Fsp3) is 0.333. The number of amides is 2. The molecule has 2 amide bonds. The van der Waals surface area contributed by atoms with Crippen LogP contribution < -0.4 is 9.64 Å². The van der Waals surface area contributed by atoms with Gasteiger partial charge in [0.15, 0.2) is 0 Å². The molecule has 3 aromatic rings. The number of hydrogen-bond acceptors (Lipinski definition) is 6. The van der Waals surface area contributed by atoms with E-state index in [1.165, 1.54) is 29.2 Å². The molecule has 10 heteroatoms. The number of carbonyl (C=O) groups excluding carboxylic acids is 2. The number of nitrogens with zero attached hydrogens (tertiary/aromatic N) is 5. The number of nitriles is 1. The van der Waals surface area contributed by atoms with Crippen LogP contribution in [0.2, 0.25) is 5.02 Å². The molecule has 1 aromatic heterocycles.